The molecular weight excluding hydrogens is 276 g/mol. The van der Waals surface area contributed by atoms with E-state index >= 15 is 0 Å². The Morgan fingerprint density at radius 3 is 2.55 bits per heavy atom. The van der Waals surface area contributed by atoms with Crippen LogP contribution in [0.2, 0.25) is 0 Å². The first-order valence-electron chi connectivity index (χ1n) is 3.13. The molecule has 60 valence electrons. The minimum absolute atomic E-state index is 0.251. The average molecular weight is 282 g/mol. The highest BCUT2D eigenvalue weighted by Gasteiger charge is 2.20. The summed E-state index contributed by atoms with van der Waals surface area (Å²) in [7, 11) is 0. The molecule has 0 bridgehead atoms. The monoisotopic (exact) mass is 280 g/mol. The highest BCUT2D eigenvalue weighted by Crippen LogP contribution is 2.28. The minimum Gasteiger partial charge on any atom is -0.421 e. The van der Waals surface area contributed by atoms with Gasteiger partial charge in [-0.25, -0.2) is 4.79 Å². The van der Waals surface area contributed by atoms with Gasteiger partial charge in [-0.2, -0.15) is 0 Å². The van der Waals surface area contributed by atoms with Crippen molar-refractivity contribution in [1.29, 1.82) is 0 Å². The summed E-state index contributed by atoms with van der Waals surface area (Å²) in [6, 6.07) is 0. The Hall–Kier alpha value is -0.0900. The maximum Gasteiger partial charge on any atom is 0.339 e. The fraction of sp³-hybridized carbons (Fsp3) is 0.286. The summed E-state index contributed by atoms with van der Waals surface area (Å²) in [6.45, 7) is 1.91. The third kappa shape index (κ3) is 1.93. The summed E-state index contributed by atoms with van der Waals surface area (Å²) in [4.78, 5) is 11.0. The van der Waals surface area contributed by atoms with Gasteiger partial charge in [0.25, 0.3) is 0 Å². The van der Waals surface area contributed by atoms with Crippen LogP contribution in [0.3, 0.4) is 0 Å². The first-order valence-corrected chi connectivity index (χ1v) is 4.71. The molecule has 0 aliphatic carbocycles. The van der Waals surface area contributed by atoms with Gasteiger partial charge in [-0.1, -0.05) is 6.92 Å². The smallest absolute Gasteiger partial charge is 0.339 e. The number of carbonyl (C=O) groups is 1. The number of halogens is 2. The maximum absolute atomic E-state index is 11.0. The summed E-state index contributed by atoms with van der Waals surface area (Å²) >= 11 is 6.32. The van der Waals surface area contributed by atoms with Crippen LogP contribution < -0.4 is 0 Å². The van der Waals surface area contributed by atoms with Crippen LogP contribution in [0.5, 0.6) is 0 Å². The van der Waals surface area contributed by atoms with Gasteiger partial charge in [-0.3, -0.25) is 0 Å². The van der Waals surface area contributed by atoms with Crippen LogP contribution in [0.1, 0.15) is 13.3 Å². The molecule has 4 heteroatoms. The van der Waals surface area contributed by atoms with Crippen LogP contribution >= 0.6 is 31.9 Å². The molecular formula is C7H6Br2O2. The van der Waals surface area contributed by atoms with Crippen molar-refractivity contribution in [2.24, 2.45) is 0 Å². The predicted octanol–water partition coefficient (Wildman–Crippen LogP) is 2.84. The van der Waals surface area contributed by atoms with Crippen LogP contribution in [0.15, 0.2) is 20.8 Å². The summed E-state index contributed by atoms with van der Waals surface area (Å²) < 4.78 is 5.55. The van der Waals surface area contributed by atoms with Crippen LogP contribution in [-0.2, 0) is 9.53 Å². The van der Waals surface area contributed by atoms with E-state index in [2.05, 4.69) is 31.9 Å². The van der Waals surface area contributed by atoms with Crippen LogP contribution in [0, 0.1) is 0 Å². The summed E-state index contributed by atoms with van der Waals surface area (Å²) in [5.74, 6) is 0.297. The molecule has 0 atom stereocenters. The van der Waals surface area contributed by atoms with Crippen LogP contribution in [0.25, 0.3) is 0 Å². The fourth-order valence-electron chi connectivity index (χ4n) is 0.752. The van der Waals surface area contributed by atoms with E-state index in [1.165, 1.54) is 0 Å². The number of rotatable bonds is 1. The lowest BCUT2D eigenvalue weighted by molar-refractivity contribution is -0.133. The Bertz CT molecular complexity index is 249. The molecule has 0 fully saturated rings. The highest BCUT2D eigenvalue weighted by molar-refractivity contribution is 9.28. The molecule has 1 aliphatic rings. The quantitative estimate of drug-likeness (QED) is 0.691. The van der Waals surface area contributed by atoms with Gasteiger partial charge in [-0.05, 0) is 44.4 Å². The first kappa shape index (κ1) is 9.00. The Kier molecular flexibility index (Phi) is 2.90. The Balaban J connectivity index is 2.92. The molecule has 0 saturated carbocycles. The van der Waals surface area contributed by atoms with Crippen molar-refractivity contribution in [3.63, 3.8) is 0 Å². The Morgan fingerprint density at radius 1 is 1.64 bits per heavy atom. The zero-order chi connectivity index (χ0) is 8.43. The lowest BCUT2D eigenvalue weighted by Gasteiger charge is -1.94. The molecule has 0 N–H and O–H groups in total. The van der Waals surface area contributed by atoms with E-state index in [4.69, 9.17) is 4.74 Å². The van der Waals surface area contributed by atoms with Crippen molar-refractivity contribution >= 4 is 37.8 Å². The van der Waals surface area contributed by atoms with Gasteiger partial charge in [-0.15, -0.1) is 0 Å². The van der Waals surface area contributed by atoms with Gasteiger partial charge >= 0.3 is 5.97 Å². The van der Waals surface area contributed by atoms with Crippen molar-refractivity contribution < 1.29 is 9.53 Å². The zero-order valence-electron chi connectivity index (χ0n) is 5.86. The van der Waals surface area contributed by atoms with E-state index in [9.17, 15) is 4.79 Å². The number of ether oxygens (including phenoxy) is 1. The first-order chi connectivity index (χ1) is 5.15. The largest absolute Gasteiger partial charge is 0.421 e. The molecule has 0 amide bonds. The molecule has 1 rings (SSSR count). The molecule has 1 aliphatic heterocycles. The van der Waals surface area contributed by atoms with E-state index in [-0.39, 0.29) is 5.97 Å². The molecule has 0 unspecified atom stereocenters. The zero-order valence-corrected chi connectivity index (χ0v) is 9.03. The lowest BCUT2D eigenvalue weighted by Crippen LogP contribution is -1.97. The van der Waals surface area contributed by atoms with Crippen molar-refractivity contribution in [2.75, 3.05) is 0 Å². The number of allylic oxidation sites excluding steroid dienone is 1. The number of hydrogen-bond acceptors (Lipinski definition) is 2. The molecule has 0 radical (unpaired) electrons. The summed E-state index contributed by atoms with van der Waals surface area (Å²) in [6.07, 6.45) is 2.43. The molecule has 0 spiro atoms. The van der Waals surface area contributed by atoms with Gasteiger partial charge in [0.2, 0.25) is 0 Å². The topological polar surface area (TPSA) is 26.3 Å². The number of carbonyl (C=O) groups excluding carboxylic acids is 1. The summed E-state index contributed by atoms with van der Waals surface area (Å²) in [5.41, 5.74) is 0.705. The second-order valence-corrected chi connectivity index (χ2v) is 4.69. The van der Waals surface area contributed by atoms with Gasteiger partial charge in [0, 0.05) is 5.57 Å². The number of esters is 1. The van der Waals surface area contributed by atoms with Crippen LogP contribution in [-0.4, -0.2) is 5.97 Å². The SMILES string of the molecule is CCC1=CC(=C(Br)Br)OC1=O. The van der Waals surface area contributed by atoms with E-state index in [0.717, 1.165) is 0 Å². The van der Waals surface area contributed by atoms with E-state index in [0.29, 0.717) is 21.1 Å². The molecule has 0 aromatic heterocycles. The molecule has 0 aromatic rings. The third-order valence-corrected chi connectivity index (χ3v) is 2.12. The van der Waals surface area contributed by atoms with E-state index < -0.39 is 0 Å². The fourth-order valence-corrected chi connectivity index (χ4v) is 1.14. The molecule has 0 aromatic carbocycles. The minimum atomic E-state index is -0.251. The maximum atomic E-state index is 11.0. The Labute approximate surface area is 81.6 Å². The van der Waals surface area contributed by atoms with Gasteiger partial charge in [0.15, 0.2) is 5.76 Å². The summed E-state index contributed by atoms with van der Waals surface area (Å²) in [5, 5.41) is 0. The lowest BCUT2D eigenvalue weighted by atomic mass is 10.2. The van der Waals surface area contributed by atoms with Crippen molar-refractivity contribution in [3.8, 4) is 0 Å². The number of cyclic esters (lactones) is 1. The second-order valence-electron chi connectivity index (χ2n) is 2.04. The number of hydrogen-bond donors (Lipinski definition) is 0. The predicted molar refractivity (Wildman–Crippen MR) is 49.3 cm³/mol. The Morgan fingerprint density at radius 2 is 2.27 bits per heavy atom. The van der Waals surface area contributed by atoms with Gasteiger partial charge < -0.3 is 4.74 Å². The molecule has 0 saturated heterocycles. The second kappa shape index (κ2) is 3.54. The van der Waals surface area contributed by atoms with Crippen molar-refractivity contribution in [1.82, 2.24) is 0 Å². The van der Waals surface area contributed by atoms with Gasteiger partial charge in [0.1, 0.15) is 3.39 Å². The molecule has 1 heterocycles. The standard InChI is InChI=1S/C7H6Br2O2/c1-2-4-3-5(6(8)9)11-7(4)10/h3H,2H2,1H3. The molecule has 11 heavy (non-hydrogen) atoms. The third-order valence-electron chi connectivity index (χ3n) is 1.34. The molecule has 2 nitrogen and oxygen atoms in total. The van der Waals surface area contributed by atoms with Gasteiger partial charge in [0.05, 0.1) is 0 Å². The average Bonchev–Trinajstić information content (AvgIpc) is 2.31. The van der Waals surface area contributed by atoms with E-state index in [1.807, 2.05) is 6.92 Å². The highest BCUT2D eigenvalue weighted by atomic mass is 79.9. The van der Waals surface area contributed by atoms with Crippen molar-refractivity contribution in [3.05, 3.63) is 20.8 Å². The van der Waals surface area contributed by atoms with Crippen LogP contribution in [0.4, 0.5) is 0 Å². The van der Waals surface area contributed by atoms with Crippen molar-refractivity contribution in [2.45, 2.75) is 13.3 Å². The van der Waals surface area contributed by atoms with E-state index in [1.54, 1.807) is 6.08 Å². The normalized spacial score (nSPS) is 16.5.